The lowest BCUT2D eigenvalue weighted by Gasteiger charge is -2.04. The number of aromatic nitrogens is 2. The van der Waals surface area contributed by atoms with E-state index in [4.69, 9.17) is 0 Å². The molecule has 1 aromatic carbocycles. The van der Waals surface area contributed by atoms with E-state index >= 15 is 0 Å². The van der Waals surface area contributed by atoms with Gasteiger partial charge in [0.05, 0.1) is 11.0 Å². The van der Waals surface area contributed by atoms with Gasteiger partial charge in [-0.3, -0.25) is 4.68 Å². The highest BCUT2D eigenvalue weighted by Gasteiger charge is 2.06. The van der Waals surface area contributed by atoms with E-state index in [9.17, 15) is 4.39 Å². The molecule has 1 heterocycles. The van der Waals surface area contributed by atoms with Crippen LogP contribution in [0.3, 0.4) is 0 Å². The quantitative estimate of drug-likeness (QED) is 0.615. The second-order valence-electron chi connectivity index (χ2n) is 3.20. The molecule has 6 heteroatoms. The van der Waals surface area contributed by atoms with E-state index < -0.39 is 0 Å². The van der Waals surface area contributed by atoms with Crippen LogP contribution in [0, 0.1) is 9.52 Å². The van der Waals surface area contributed by atoms with E-state index in [1.165, 1.54) is 12.1 Å². The zero-order valence-corrected chi connectivity index (χ0v) is 13.3. The molecule has 0 unspecified atom stereocenters. The van der Waals surface area contributed by atoms with Crippen LogP contribution in [0.5, 0.6) is 0 Å². The molecule has 84 valence electrons. The van der Waals surface area contributed by atoms with E-state index in [-0.39, 0.29) is 5.82 Å². The van der Waals surface area contributed by atoms with Crippen molar-refractivity contribution in [3.05, 3.63) is 48.4 Å². The third kappa shape index (κ3) is 2.84. The molecule has 0 amide bonds. The zero-order valence-electron chi connectivity index (χ0n) is 7.92. The lowest BCUT2D eigenvalue weighted by molar-refractivity contribution is 0.618. The molecule has 0 N–H and O–H groups in total. The van der Waals surface area contributed by atoms with Crippen molar-refractivity contribution >= 4 is 54.5 Å². The SMILES string of the molecule is Fc1ccc(Br)c(Cn2cc(Br)c(I)n2)c1. The first-order chi connectivity index (χ1) is 7.56. The summed E-state index contributed by atoms with van der Waals surface area (Å²) in [5.41, 5.74) is 0.867. The van der Waals surface area contributed by atoms with Crippen LogP contribution in [0.2, 0.25) is 0 Å². The molecule has 0 saturated heterocycles. The van der Waals surface area contributed by atoms with Crippen molar-refractivity contribution in [1.29, 1.82) is 0 Å². The predicted molar refractivity (Wildman–Crippen MR) is 75.8 cm³/mol. The molecular weight excluding hydrogens is 454 g/mol. The second kappa shape index (κ2) is 5.14. The molecule has 0 radical (unpaired) electrons. The normalized spacial score (nSPS) is 10.8. The summed E-state index contributed by atoms with van der Waals surface area (Å²) < 4.78 is 17.6. The van der Waals surface area contributed by atoms with Gasteiger partial charge in [-0.15, -0.1) is 0 Å². The van der Waals surface area contributed by atoms with E-state index in [0.717, 1.165) is 18.2 Å². The summed E-state index contributed by atoms with van der Waals surface area (Å²) in [7, 11) is 0. The van der Waals surface area contributed by atoms with Crippen LogP contribution < -0.4 is 0 Å². The van der Waals surface area contributed by atoms with Gasteiger partial charge in [-0.1, -0.05) is 15.9 Å². The molecule has 1 aromatic heterocycles. The van der Waals surface area contributed by atoms with Crippen molar-refractivity contribution in [1.82, 2.24) is 9.78 Å². The first kappa shape index (κ1) is 12.5. The fourth-order valence-electron chi connectivity index (χ4n) is 1.29. The van der Waals surface area contributed by atoms with Gasteiger partial charge in [-0.05, 0) is 62.3 Å². The number of benzene rings is 1. The highest BCUT2D eigenvalue weighted by atomic mass is 127. The minimum absolute atomic E-state index is 0.237. The minimum Gasteiger partial charge on any atom is -0.266 e. The third-order valence-corrected chi connectivity index (χ3v) is 4.91. The van der Waals surface area contributed by atoms with Crippen LogP contribution in [-0.2, 0) is 6.54 Å². The Bertz CT molecular complexity index is 508. The minimum atomic E-state index is -0.237. The predicted octanol–water partition coefficient (Wildman–Crippen LogP) is 4.20. The van der Waals surface area contributed by atoms with Crippen molar-refractivity contribution in [2.45, 2.75) is 6.54 Å². The molecule has 2 aromatic rings. The van der Waals surface area contributed by atoms with Gasteiger partial charge >= 0.3 is 0 Å². The van der Waals surface area contributed by atoms with Gasteiger partial charge in [-0.25, -0.2) is 4.39 Å². The average Bonchev–Trinajstić information content (AvgIpc) is 2.52. The van der Waals surface area contributed by atoms with E-state index in [2.05, 4.69) is 59.5 Å². The van der Waals surface area contributed by atoms with Crippen LogP contribution in [-0.4, -0.2) is 9.78 Å². The summed E-state index contributed by atoms with van der Waals surface area (Å²) in [6.45, 7) is 0.542. The lowest BCUT2D eigenvalue weighted by Crippen LogP contribution is -2.01. The maximum absolute atomic E-state index is 13.1. The third-order valence-electron chi connectivity index (χ3n) is 2.02. The smallest absolute Gasteiger partial charge is 0.137 e. The monoisotopic (exact) mass is 458 g/mol. The summed E-state index contributed by atoms with van der Waals surface area (Å²) in [5.74, 6) is -0.237. The molecule has 0 saturated carbocycles. The fraction of sp³-hybridized carbons (Fsp3) is 0.100. The Morgan fingerprint density at radius 1 is 1.31 bits per heavy atom. The summed E-state index contributed by atoms with van der Waals surface area (Å²) >= 11 is 8.92. The second-order valence-corrected chi connectivity index (χ2v) is 5.93. The fourth-order valence-corrected chi connectivity index (χ4v) is 2.40. The van der Waals surface area contributed by atoms with E-state index in [0.29, 0.717) is 6.54 Å². The largest absolute Gasteiger partial charge is 0.266 e. The number of rotatable bonds is 2. The maximum atomic E-state index is 13.1. The number of halogens is 4. The highest BCUT2D eigenvalue weighted by Crippen LogP contribution is 2.21. The Balaban J connectivity index is 2.29. The molecule has 2 rings (SSSR count). The van der Waals surface area contributed by atoms with E-state index in [1.807, 2.05) is 6.20 Å². The van der Waals surface area contributed by atoms with Gasteiger partial charge in [0.1, 0.15) is 9.52 Å². The molecule has 0 aliphatic carbocycles. The van der Waals surface area contributed by atoms with Gasteiger partial charge in [0.25, 0.3) is 0 Å². The lowest BCUT2D eigenvalue weighted by atomic mass is 10.2. The molecule has 0 fully saturated rings. The molecule has 0 bridgehead atoms. The van der Waals surface area contributed by atoms with Crippen LogP contribution in [0.25, 0.3) is 0 Å². The van der Waals surface area contributed by atoms with Crippen molar-refractivity contribution in [2.24, 2.45) is 0 Å². The van der Waals surface area contributed by atoms with Crippen molar-refractivity contribution in [2.75, 3.05) is 0 Å². The molecule has 0 aliphatic heterocycles. The Morgan fingerprint density at radius 3 is 2.69 bits per heavy atom. The van der Waals surface area contributed by atoms with Gasteiger partial charge in [0.2, 0.25) is 0 Å². The molecule has 0 atom stereocenters. The summed E-state index contributed by atoms with van der Waals surface area (Å²) in [4.78, 5) is 0. The van der Waals surface area contributed by atoms with E-state index in [1.54, 1.807) is 10.7 Å². The number of hydrogen-bond acceptors (Lipinski definition) is 1. The first-order valence-corrected chi connectivity index (χ1v) is 7.05. The molecule has 0 spiro atoms. The van der Waals surface area contributed by atoms with Crippen LogP contribution in [0.4, 0.5) is 4.39 Å². The zero-order chi connectivity index (χ0) is 11.7. The van der Waals surface area contributed by atoms with Crippen LogP contribution >= 0.6 is 54.5 Å². The topological polar surface area (TPSA) is 17.8 Å². The van der Waals surface area contributed by atoms with Crippen LogP contribution in [0.15, 0.2) is 33.3 Å². The van der Waals surface area contributed by atoms with Crippen molar-refractivity contribution in [3.63, 3.8) is 0 Å². The Hall–Kier alpha value is 0.0500. The van der Waals surface area contributed by atoms with Crippen molar-refractivity contribution < 1.29 is 4.39 Å². The van der Waals surface area contributed by atoms with Crippen molar-refractivity contribution in [3.8, 4) is 0 Å². The maximum Gasteiger partial charge on any atom is 0.137 e. The van der Waals surface area contributed by atoms with Gasteiger partial charge in [0, 0.05) is 10.7 Å². The first-order valence-electron chi connectivity index (χ1n) is 4.38. The standard InChI is InChI=1S/C10H6Br2FIN2/c11-8-2-1-7(13)3-6(8)4-16-5-9(12)10(14)15-16/h1-3,5H,4H2. The summed E-state index contributed by atoms with van der Waals surface area (Å²) in [5, 5.41) is 4.29. The Kier molecular flexibility index (Phi) is 4.01. The summed E-state index contributed by atoms with van der Waals surface area (Å²) in [6, 6.07) is 4.64. The molecule has 2 nitrogen and oxygen atoms in total. The number of nitrogens with zero attached hydrogens (tertiary/aromatic N) is 2. The highest BCUT2D eigenvalue weighted by molar-refractivity contribution is 14.1. The Morgan fingerprint density at radius 2 is 2.06 bits per heavy atom. The summed E-state index contributed by atoms with van der Waals surface area (Å²) in [6.07, 6.45) is 1.87. The molecular formula is C10H6Br2FIN2. The Labute approximate surface area is 123 Å². The number of hydrogen-bond donors (Lipinski definition) is 0. The molecule has 0 aliphatic rings. The van der Waals surface area contributed by atoms with Crippen LogP contribution in [0.1, 0.15) is 5.56 Å². The molecule has 16 heavy (non-hydrogen) atoms. The van der Waals surface area contributed by atoms with Gasteiger partial charge in [0.15, 0.2) is 0 Å². The van der Waals surface area contributed by atoms with Gasteiger partial charge in [-0.2, -0.15) is 5.10 Å². The average molecular weight is 460 g/mol. The van der Waals surface area contributed by atoms with Gasteiger partial charge < -0.3 is 0 Å².